The minimum absolute atomic E-state index is 0.0712. The lowest BCUT2D eigenvalue weighted by molar-refractivity contribution is 0.171. The van der Waals surface area contributed by atoms with Crippen LogP contribution in [-0.4, -0.2) is 58.0 Å². The first-order valence-electron chi connectivity index (χ1n) is 15.7. The summed E-state index contributed by atoms with van der Waals surface area (Å²) < 4.78 is 37.2. The fourth-order valence-corrected chi connectivity index (χ4v) is 7.32. The van der Waals surface area contributed by atoms with Crippen molar-refractivity contribution >= 4 is 0 Å². The molecule has 45 heavy (non-hydrogen) atoms. The van der Waals surface area contributed by atoms with Gasteiger partial charge in [-0.05, 0) is 110 Å². The lowest BCUT2D eigenvalue weighted by atomic mass is 9.87. The molecule has 0 aliphatic carbocycles. The number of likely N-dealkylation sites (N-methyl/N-ethyl adjacent to an activating group) is 2. The first kappa shape index (κ1) is 28.1. The Morgan fingerprint density at radius 3 is 2.16 bits per heavy atom. The van der Waals surface area contributed by atoms with Crippen molar-refractivity contribution in [1.29, 1.82) is 0 Å². The van der Waals surface area contributed by atoms with Crippen LogP contribution in [-0.2, 0) is 25.7 Å². The van der Waals surface area contributed by atoms with Crippen LogP contribution >= 0.6 is 0 Å². The van der Waals surface area contributed by atoms with Gasteiger partial charge in [-0.15, -0.1) is 0 Å². The molecule has 7 aliphatic heterocycles. The molecule has 0 saturated heterocycles. The Hall–Kier alpha value is -4.40. The van der Waals surface area contributed by atoms with Crippen molar-refractivity contribution in [3.8, 4) is 46.0 Å². The Morgan fingerprint density at radius 2 is 1.36 bits per heavy atom. The van der Waals surface area contributed by atoms with Gasteiger partial charge >= 0.3 is 0 Å². The van der Waals surface area contributed by atoms with E-state index < -0.39 is 0 Å². The van der Waals surface area contributed by atoms with Crippen LogP contribution in [0, 0.1) is 0 Å². The molecule has 2 atom stereocenters. The van der Waals surface area contributed by atoms with Gasteiger partial charge in [0.25, 0.3) is 0 Å². The zero-order valence-corrected chi connectivity index (χ0v) is 26.2. The first-order valence-corrected chi connectivity index (χ1v) is 15.7. The zero-order valence-electron chi connectivity index (χ0n) is 26.2. The van der Waals surface area contributed by atoms with Crippen LogP contribution in [0.15, 0.2) is 60.7 Å². The fourth-order valence-electron chi connectivity index (χ4n) is 7.32. The van der Waals surface area contributed by atoms with Crippen molar-refractivity contribution in [2.45, 2.75) is 37.8 Å². The smallest absolute Gasteiger partial charge is 0.231 e. The second-order valence-electron chi connectivity index (χ2n) is 12.4. The molecule has 0 aromatic heterocycles. The third kappa shape index (κ3) is 4.93. The summed E-state index contributed by atoms with van der Waals surface area (Å²) in [6.45, 7) is 2.06. The lowest BCUT2D eigenvalue weighted by Crippen LogP contribution is -2.34. The van der Waals surface area contributed by atoms with E-state index >= 15 is 0 Å². The number of hydrogen-bond donors (Lipinski definition) is 0. The molecule has 0 N–H and O–H groups in total. The third-order valence-electron chi connectivity index (χ3n) is 9.84. The Bertz CT molecular complexity index is 1770. The predicted octanol–water partition coefficient (Wildman–Crippen LogP) is 6.87. The summed E-state index contributed by atoms with van der Waals surface area (Å²) in [6.07, 6.45) is 3.44. The molecule has 7 aliphatic rings. The van der Waals surface area contributed by atoms with Gasteiger partial charge in [0.2, 0.25) is 12.5 Å². The normalized spacial score (nSPS) is 20.4. The van der Waals surface area contributed by atoms with E-state index in [1.807, 2.05) is 18.2 Å². The molecule has 8 nitrogen and oxygen atoms in total. The van der Waals surface area contributed by atoms with E-state index in [4.69, 9.17) is 28.4 Å². The number of hydrogen-bond acceptors (Lipinski definition) is 8. The molecular formula is C37H38N2O6. The van der Waals surface area contributed by atoms with E-state index in [2.05, 4.69) is 66.4 Å². The Labute approximate surface area is 264 Å². The molecule has 4 aromatic rings. The molecule has 7 heterocycles. The summed E-state index contributed by atoms with van der Waals surface area (Å²) in [6, 6.07) is 21.3. The Balaban J connectivity index is 1.33. The molecule has 8 heteroatoms. The van der Waals surface area contributed by atoms with Crippen LogP contribution < -0.4 is 28.4 Å². The highest BCUT2D eigenvalue weighted by atomic mass is 16.7. The van der Waals surface area contributed by atoms with Crippen LogP contribution in [0.5, 0.6) is 46.0 Å². The maximum Gasteiger partial charge on any atom is 0.231 e. The zero-order chi connectivity index (χ0) is 30.7. The number of ether oxygens (including phenoxy) is 6. The number of methoxy groups -OCH3 is 2. The van der Waals surface area contributed by atoms with E-state index in [1.165, 1.54) is 27.8 Å². The SMILES string of the molecule is COc1cc2ccc1Oc1ccc(cc1)C[C@H]1c3c(cc4c(c3Oc3cc5c(cc3OC)CCN(C)[C@@H]5C2)OCO4)CCN1C. The molecule has 4 aromatic carbocycles. The number of nitrogens with zero attached hydrogens (tertiary/aromatic N) is 2. The second-order valence-corrected chi connectivity index (χ2v) is 12.4. The van der Waals surface area contributed by atoms with Crippen molar-refractivity contribution in [2.75, 3.05) is 48.2 Å². The Morgan fingerprint density at radius 1 is 0.644 bits per heavy atom. The maximum atomic E-state index is 7.01. The van der Waals surface area contributed by atoms with Gasteiger partial charge in [-0.1, -0.05) is 18.2 Å². The minimum Gasteiger partial charge on any atom is -0.493 e. The molecule has 6 bridgehead atoms. The van der Waals surface area contributed by atoms with Crippen LogP contribution in [0.1, 0.15) is 45.5 Å². The van der Waals surface area contributed by atoms with Crippen molar-refractivity contribution in [3.63, 3.8) is 0 Å². The highest BCUT2D eigenvalue weighted by Crippen LogP contribution is 2.53. The molecule has 0 saturated carbocycles. The number of rotatable bonds is 2. The standard InChI is InChI=1S/C37H38N2O6/c1-38-13-11-24-18-32(41-4)33-20-27(24)28(38)16-23-7-10-30(31(17-23)40-3)44-26-8-5-22(6-9-26)15-29-35-25(12-14-39(29)2)19-34-36(37(35)45-33)43-21-42-34/h5-10,17-20,28-29H,11-16,21H2,1-4H3/t28-,29+/m1/s1. The first-order chi connectivity index (χ1) is 22.0. The summed E-state index contributed by atoms with van der Waals surface area (Å²) in [4.78, 5) is 4.83. The van der Waals surface area contributed by atoms with Gasteiger partial charge in [0.15, 0.2) is 34.5 Å². The predicted molar refractivity (Wildman–Crippen MR) is 171 cm³/mol. The van der Waals surface area contributed by atoms with Gasteiger partial charge in [-0.3, -0.25) is 9.80 Å². The lowest BCUT2D eigenvalue weighted by Gasteiger charge is -2.37. The topological polar surface area (TPSA) is 61.9 Å². The molecule has 0 spiro atoms. The van der Waals surface area contributed by atoms with E-state index in [-0.39, 0.29) is 18.9 Å². The average Bonchev–Trinajstić information content (AvgIpc) is 3.53. The van der Waals surface area contributed by atoms with E-state index in [0.717, 1.165) is 61.6 Å². The van der Waals surface area contributed by atoms with Gasteiger partial charge in [-0.2, -0.15) is 0 Å². The fraction of sp³-hybridized carbons (Fsp3) is 0.351. The van der Waals surface area contributed by atoms with E-state index in [9.17, 15) is 0 Å². The van der Waals surface area contributed by atoms with Crippen LogP contribution in [0.3, 0.4) is 0 Å². The minimum atomic E-state index is 0.0712. The van der Waals surface area contributed by atoms with Gasteiger partial charge in [0, 0.05) is 30.7 Å². The molecule has 0 amide bonds. The van der Waals surface area contributed by atoms with Crippen molar-refractivity contribution in [1.82, 2.24) is 9.80 Å². The largest absolute Gasteiger partial charge is 0.493 e. The van der Waals surface area contributed by atoms with Crippen LogP contribution in [0.2, 0.25) is 0 Å². The number of benzene rings is 4. The Kier molecular flexibility index (Phi) is 6.99. The monoisotopic (exact) mass is 606 g/mol. The van der Waals surface area contributed by atoms with Gasteiger partial charge in [0.05, 0.1) is 14.2 Å². The van der Waals surface area contributed by atoms with E-state index in [1.54, 1.807) is 14.2 Å². The number of fused-ring (bicyclic) bond motifs is 1. The molecule has 0 fully saturated rings. The summed E-state index contributed by atoms with van der Waals surface area (Å²) in [7, 11) is 7.78. The van der Waals surface area contributed by atoms with Crippen molar-refractivity contribution in [2.24, 2.45) is 0 Å². The average molecular weight is 607 g/mol. The van der Waals surface area contributed by atoms with Gasteiger partial charge in [0.1, 0.15) is 5.75 Å². The summed E-state index contributed by atoms with van der Waals surface area (Å²) >= 11 is 0. The maximum absolute atomic E-state index is 7.01. The second kappa shape index (κ2) is 11.2. The summed E-state index contributed by atoms with van der Waals surface area (Å²) in [5.74, 6) is 5.69. The highest BCUT2D eigenvalue weighted by Gasteiger charge is 2.36. The quantitative estimate of drug-likeness (QED) is 0.245. The van der Waals surface area contributed by atoms with Gasteiger partial charge < -0.3 is 28.4 Å². The highest BCUT2D eigenvalue weighted by molar-refractivity contribution is 5.64. The summed E-state index contributed by atoms with van der Waals surface area (Å²) in [5.41, 5.74) is 7.25. The third-order valence-corrected chi connectivity index (χ3v) is 9.84. The van der Waals surface area contributed by atoms with Crippen molar-refractivity contribution < 1.29 is 28.4 Å². The molecule has 232 valence electrons. The molecule has 0 unspecified atom stereocenters. The molecule has 0 radical (unpaired) electrons. The van der Waals surface area contributed by atoms with Crippen molar-refractivity contribution in [3.05, 3.63) is 94.0 Å². The van der Waals surface area contributed by atoms with E-state index in [0.29, 0.717) is 28.7 Å². The van der Waals surface area contributed by atoms with Gasteiger partial charge in [-0.25, -0.2) is 0 Å². The summed E-state index contributed by atoms with van der Waals surface area (Å²) in [5, 5.41) is 0. The molecule has 11 rings (SSSR count). The molecular weight excluding hydrogens is 568 g/mol. The van der Waals surface area contributed by atoms with Crippen LogP contribution in [0.25, 0.3) is 0 Å². The van der Waals surface area contributed by atoms with Crippen LogP contribution in [0.4, 0.5) is 0 Å².